The lowest BCUT2D eigenvalue weighted by Crippen LogP contribution is -2.42. The van der Waals surface area contributed by atoms with Gasteiger partial charge < -0.3 is 15.4 Å². The van der Waals surface area contributed by atoms with Crippen LogP contribution < -0.4 is 10.6 Å². The first-order valence-electron chi connectivity index (χ1n) is 7.34. The van der Waals surface area contributed by atoms with Gasteiger partial charge in [0, 0.05) is 13.2 Å². The van der Waals surface area contributed by atoms with Crippen molar-refractivity contribution in [3.05, 3.63) is 35.4 Å². The molecule has 1 aliphatic heterocycles. The Morgan fingerprint density at radius 3 is 2.75 bits per heavy atom. The smallest absolute Gasteiger partial charge is 0.315 e. The van der Waals surface area contributed by atoms with Gasteiger partial charge in [0.1, 0.15) is 0 Å². The third kappa shape index (κ3) is 4.53. The zero-order valence-corrected chi connectivity index (χ0v) is 12.3. The van der Waals surface area contributed by atoms with Crippen LogP contribution in [0.2, 0.25) is 0 Å². The van der Waals surface area contributed by atoms with Crippen LogP contribution in [0.1, 0.15) is 31.4 Å². The fourth-order valence-electron chi connectivity index (χ4n) is 2.43. The summed E-state index contributed by atoms with van der Waals surface area (Å²) >= 11 is 0. The van der Waals surface area contributed by atoms with Gasteiger partial charge in [-0.05, 0) is 29.9 Å². The minimum absolute atomic E-state index is 0.111. The first-order valence-corrected chi connectivity index (χ1v) is 7.34. The van der Waals surface area contributed by atoms with E-state index >= 15 is 0 Å². The molecule has 2 rings (SSSR count). The Morgan fingerprint density at radius 2 is 2.10 bits per heavy atom. The predicted octanol–water partition coefficient (Wildman–Crippen LogP) is 2.47. The molecule has 0 unspecified atom stereocenters. The molecule has 20 heavy (non-hydrogen) atoms. The molecule has 110 valence electrons. The first kappa shape index (κ1) is 14.9. The molecule has 1 fully saturated rings. The summed E-state index contributed by atoms with van der Waals surface area (Å²) in [5.41, 5.74) is 2.51. The molecule has 4 nitrogen and oxygen atoms in total. The number of urea groups is 1. The molecule has 1 saturated heterocycles. The van der Waals surface area contributed by atoms with E-state index in [0.717, 1.165) is 19.4 Å². The number of nitrogens with one attached hydrogen (secondary N) is 2. The molecule has 1 aliphatic rings. The Bertz CT molecular complexity index is 440. The van der Waals surface area contributed by atoms with Crippen LogP contribution in [0.5, 0.6) is 0 Å². The Kier molecular flexibility index (Phi) is 5.41. The van der Waals surface area contributed by atoms with Crippen LogP contribution in [0.4, 0.5) is 4.79 Å². The highest BCUT2D eigenvalue weighted by molar-refractivity contribution is 5.74. The molecule has 0 saturated carbocycles. The van der Waals surface area contributed by atoms with Crippen molar-refractivity contribution in [3.8, 4) is 0 Å². The Morgan fingerprint density at radius 1 is 1.35 bits per heavy atom. The second-order valence-electron chi connectivity index (χ2n) is 5.75. The summed E-state index contributed by atoms with van der Waals surface area (Å²) in [5.74, 6) is 0.612. The van der Waals surface area contributed by atoms with Gasteiger partial charge in [-0.25, -0.2) is 4.79 Å². The Labute approximate surface area is 120 Å². The molecule has 0 bridgehead atoms. The SMILES string of the molecule is CC(C)Cc1ccccc1CNC(=O)N[C@@H]1CCOC1. The van der Waals surface area contributed by atoms with Gasteiger partial charge in [0.05, 0.1) is 12.6 Å². The van der Waals surface area contributed by atoms with E-state index in [9.17, 15) is 4.79 Å². The number of rotatable bonds is 5. The highest BCUT2D eigenvalue weighted by atomic mass is 16.5. The maximum atomic E-state index is 11.8. The molecule has 1 aromatic carbocycles. The van der Waals surface area contributed by atoms with Crippen LogP contribution in [0.3, 0.4) is 0 Å². The number of benzene rings is 1. The normalized spacial score (nSPS) is 18.2. The molecule has 0 radical (unpaired) electrons. The molecule has 1 aromatic rings. The zero-order chi connectivity index (χ0) is 14.4. The summed E-state index contributed by atoms with van der Waals surface area (Å²) in [4.78, 5) is 11.8. The first-order chi connectivity index (χ1) is 9.65. The summed E-state index contributed by atoms with van der Waals surface area (Å²) in [6, 6.07) is 8.33. The molecule has 4 heteroatoms. The molecule has 1 atom stereocenters. The van der Waals surface area contributed by atoms with Crippen LogP contribution >= 0.6 is 0 Å². The van der Waals surface area contributed by atoms with Crippen LogP contribution in [-0.4, -0.2) is 25.3 Å². The predicted molar refractivity (Wildman–Crippen MR) is 79.6 cm³/mol. The van der Waals surface area contributed by atoms with Crippen molar-refractivity contribution in [1.29, 1.82) is 0 Å². The second-order valence-corrected chi connectivity index (χ2v) is 5.75. The Balaban J connectivity index is 1.84. The Hall–Kier alpha value is -1.55. The topological polar surface area (TPSA) is 50.4 Å². The van der Waals surface area contributed by atoms with Crippen molar-refractivity contribution >= 4 is 6.03 Å². The van der Waals surface area contributed by atoms with Crippen molar-refractivity contribution in [2.24, 2.45) is 5.92 Å². The molecule has 2 N–H and O–H groups in total. The monoisotopic (exact) mass is 276 g/mol. The van der Waals surface area contributed by atoms with Crippen LogP contribution in [0.25, 0.3) is 0 Å². The van der Waals surface area contributed by atoms with Gasteiger partial charge in [-0.1, -0.05) is 38.1 Å². The van der Waals surface area contributed by atoms with Gasteiger partial charge in [-0.2, -0.15) is 0 Å². The van der Waals surface area contributed by atoms with Crippen molar-refractivity contribution in [2.45, 2.75) is 39.3 Å². The third-order valence-electron chi connectivity index (χ3n) is 3.45. The van der Waals surface area contributed by atoms with Crippen molar-refractivity contribution in [1.82, 2.24) is 10.6 Å². The van der Waals surface area contributed by atoms with E-state index in [1.807, 2.05) is 6.07 Å². The number of hydrogen-bond acceptors (Lipinski definition) is 2. The van der Waals surface area contributed by atoms with Crippen molar-refractivity contribution in [3.63, 3.8) is 0 Å². The van der Waals surface area contributed by atoms with Crippen molar-refractivity contribution < 1.29 is 9.53 Å². The summed E-state index contributed by atoms with van der Waals surface area (Å²) in [5, 5.41) is 5.87. The second kappa shape index (κ2) is 7.29. The summed E-state index contributed by atoms with van der Waals surface area (Å²) in [6.45, 7) is 6.34. The molecule has 1 heterocycles. The van der Waals surface area contributed by atoms with E-state index in [4.69, 9.17) is 4.74 Å². The minimum Gasteiger partial charge on any atom is -0.379 e. The fraction of sp³-hybridized carbons (Fsp3) is 0.562. The number of carbonyl (C=O) groups excluding carboxylic acids is 1. The number of hydrogen-bond donors (Lipinski definition) is 2. The molecular weight excluding hydrogens is 252 g/mol. The average Bonchev–Trinajstić information content (AvgIpc) is 2.90. The van der Waals surface area contributed by atoms with Gasteiger partial charge >= 0.3 is 6.03 Å². The summed E-state index contributed by atoms with van der Waals surface area (Å²) < 4.78 is 5.24. The number of carbonyl (C=O) groups is 1. The van der Waals surface area contributed by atoms with E-state index in [0.29, 0.717) is 19.1 Å². The molecular formula is C16H24N2O2. The molecule has 0 spiro atoms. The summed E-state index contributed by atoms with van der Waals surface area (Å²) in [6.07, 6.45) is 1.94. The maximum Gasteiger partial charge on any atom is 0.315 e. The third-order valence-corrected chi connectivity index (χ3v) is 3.45. The molecule has 2 amide bonds. The van der Waals surface area contributed by atoms with E-state index in [1.165, 1.54) is 11.1 Å². The van der Waals surface area contributed by atoms with Gasteiger partial charge in [0.25, 0.3) is 0 Å². The lowest BCUT2D eigenvalue weighted by Gasteiger charge is -2.14. The fourth-order valence-corrected chi connectivity index (χ4v) is 2.43. The number of amides is 2. The standard InChI is InChI=1S/C16H24N2O2/c1-12(2)9-13-5-3-4-6-14(13)10-17-16(19)18-15-7-8-20-11-15/h3-6,12,15H,7-11H2,1-2H3,(H2,17,18,19)/t15-/m1/s1. The zero-order valence-electron chi connectivity index (χ0n) is 12.3. The van der Waals surface area contributed by atoms with Crippen LogP contribution in [0.15, 0.2) is 24.3 Å². The lowest BCUT2D eigenvalue weighted by atomic mass is 9.98. The highest BCUT2D eigenvalue weighted by Crippen LogP contribution is 2.13. The maximum absolute atomic E-state index is 11.8. The van der Waals surface area contributed by atoms with Gasteiger partial charge in [-0.15, -0.1) is 0 Å². The quantitative estimate of drug-likeness (QED) is 0.868. The van der Waals surface area contributed by atoms with Crippen molar-refractivity contribution in [2.75, 3.05) is 13.2 Å². The largest absolute Gasteiger partial charge is 0.379 e. The number of ether oxygens (including phenoxy) is 1. The molecule has 0 aliphatic carbocycles. The van der Waals surface area contributed by atoms with Gasteiger partial charge in [0.2, 0.25) is 0 Å². The van der Waals surface area contributed by atoms with E-state index in [-0.39, 0.29) is 12.1 Å². The van der Waals surface area contributed by atoms with E-state index < -0.39 is 0 Å². The highest BCUT2D eigenvalue weighted by Gasteiger charge is 2.17. The lowest BCUT2D eigenvalue weighted by molar-refractivity contribution is 0.188. The van der Waals surface area contributed by atoms with Gasteiger partial charge in [0.15, 0.2) is 0 Å². The minimum atomic E-state index is -0.111. The van der Waals surface area contributed by atoms with E-state index in [1.54, 1.807) is 0 Å². The van der Waals surface area contributed by atoms with Gasteiger partial charge in [-0.3, -0.25) is 0 Å². The summed E-state index contributed by atoms with van der Waals surface area (Å²) in [7, 11) is 0. The van der Waals surface area contributed by atoms with Crippen LogP contribution in [-0.2, 0) is 17.7 Å². The van der Waals surface area contributed by atoms with E-state index in [2.05, 4.69) is 42.7 Å². The van der Waals surface area contributed by atoms with Crippen LogP contribution in [0, 0.1) is 5.92 Å². The average molecular weight is 276 g/mol. The molecule has 0 aromatic heterocycles.